The second kappa shape index (κ2) is 6.75. The Labute approximate surface area is 118 Å². The van der Waals surface area contributed by atoms with Gasteiger partial charge in [-0.25, -0.2) is 0 Å². The highest BCUT2D eigenvalue weighted by Crippen LogP contribution is 2.25. The highest BCUT2D eigenvalue weighted by Gasteiger charge is 2.02. The number of aliphatic hydroxyl groups is 2. The summed E-state index contributed by atoms with van der Waals surface area (Å²) in [4.78, 5) is 1.16. The molecule has 0 aliphatic heterocycles. The quantitative estimate of drug-likeness (QED) is 0.820. The Morgan fingerprint density at radius 3 is 2.37 bits per heavy atom. The lowest BCUT2D eigenvalue weighted by molar-refractivity contribution is 0.199. The number of hydrogen-bond donors (Lipinski definition) is 2. The maximum Gasteiger partial charge on any atom is 0.0762 e. The molecular formula is C16H18O2S. The predicted octanol–water partition coefficient (Wildman–Crippen LogP) is 3.52. The average molecular weight is 274 g/mol. The topological polar surface area (TPSA) is 40.5 Å². The summed E-state index contributed by atoms with van der Waals surface area (Å²) in [5.41, 5.74) is 3.11. The second-order valence-electron chi connectivity index (χ2n) is 4.51. The summed E-state index contributed by atoms with van der Waals surface area (Å²) < 4.78 is 0. The van der Waals surface area contributed by atoms with Gasteiger partial charge in [0.25, 0.3) is 0 Å². The van der Waals surface area contributed by atoms with E-state index in [0.29, 0.717) is 0 Å². The molecule has 0 bridgehead atoms. The third-order valence-corrected chi connectivity index (χ3v) is 4.02. The van der Waals surface area contributed by atoms with E-state index >= 15 is 0 Å². The molecule has 0 saturated carbocycles. The van der Waals surface area contributed by atoms with E-state index in [1.54, 1.807) is 18.7 Å². The van der Waals surface area contributed by atoms with Crippen LogP contribution >= 0.6 is 11.8 Å². The Balaban J connectivity index is 1.99. The van der Waals surface area contributed by atoms with Crippen molar-refractivity contribution in [3.05, 3.63) is 65.2 Å². The highest BCUT2D eigenvalue weighted by atomic mass is 32.2. The SMILES string of the molecule is CC(O)c1cccc(SCc2ccc(CO)cc2)c1. The van der Waals surface area contributed by atoms with Crippen molar-refractivity contribution in [1.29, 1.82) is 0 Å². The highest BCUT2D eigenvalue weighted by molar-refractivity contribution is 7.98. The lowest BCUT2D eigenvalue weighted by Crippen LogP contribution is -1.90. The number of benzene rings is 2. The van der Waals surface area contributed by atoms with Crippen LogP contribution in [0.5, 0.6) is 0 Å². The molecule has 3 heteroatoms. The van der Waals surface area contributed by atoms with Gasteiger partial charge < -0.3 is 10.2 Å². The molecule has 2 N–H and O–H groups in total. The van der Waals surface area contributed by atoms with Crippen LogP contribution in [0.3, 0.4) is 0 Å². The molecule has 100 valence electrons. The molecule has 0 amide bonds. The Morgan fingerprint density at radius 1 is 1.05 bits per heavy atom. The maximum atomic E-state index is 9.56. The second-order valence-corrected chi connectivity index (χ2v) is 5.56. The largest absolute Gasteiger partial charge is 0.392 e. The van der Waals surface area contributed by atoms with Crippen molar-refractivity contribution in [2.75, 3.05) is 0 Å². The van der Waals surface area contributed by atoms with Gasteiger partial charge in [0.1, 0.15) is 0 Å². The standard InChI is InChI=1S/C16H18O2S/c1-12(18)15-3-2-4-16(9-15)19-11-14-7-5-13(10-17)6-8-14/h2-9,12,17-18H,10-11H2,1H3. The van der Waals surface area contributed by atoms with E-state index in [-0.39, 0.29) is 6.61 Å². The fraction of sp³-hybridized carbons (Fsp3) is 0.250. The van der Waals surface area contributed by atoms with E-state index in [4.69, 9.17) is 5.11 Å². The minimum atomic E-state index is -0.426. The van der Waals surface area contributed by atoms with Gasteiger partial charge >= 0.3 is 0 Å². The molecule has 19 heavy (non-hydrogen) atoms. The molecule has 2 rings (SSSR count). The van der Waals surface area contributed by atoms with E-state index in [1.807, 2.05) is 42.5 Å². The first-order valence-electron chi connectivity index (χ1n) is 6.28. The Bertz CT molecular complexity index is 521. The fourth-order valence-corrected chi connectivity index (χ4v) is 2.69. The van der Waals surface area contributed by atoms with Crippen LogP contribution in [0.25, 0.3) is 0 Å². The molecule has 2 nitrogen and oxygen atoms in total. The predicted molar refractivity (Wildman–Crippen MR) is 79.0 cm³/mol. The van der Waals surface area contributed by atoms with Crippen molar-refractivity contribution in [2.45, 2.75) is 30.3 Å². The van der Waals surface area contributed by atoms with E-state index < -0.39 is 6.10 Å². The summed E-state index contributed by atoms with van der Waals surface area (Å²) in [5.74, 6) is 0.884. The first-order chi connectivity index (χ1) is 9.19. The average Bonchev–Trinajstić information content (AvgIpc) is 2.46. The number of aliphatic hydroxyl groups excluding tert-OH is 2. The number of thioether (sulfide) groups is 1. The van der Waals surface area contributed by atoms with Gasteiger partial charge in [-0.1, -0.05) is 36.4 Å². The van der Waals surface area contributed by atoms with Gasteiger partial charge in [0.05, 0.1) is 12.7 Å². The molecule has 1 unspecified atom stereocenters. The van der Waals surface area contributed by atoms with Crippen LogP contribution in [0.2, 0.25) is 0 Å². The Hall–Kier alpha value is -1.29. The van der Waals surface area contributed by atoms with Crippen molar-refractivity contribution >= 4 is 11.8 Å². The summed E-state index contributed by atoms with van der Waals surface area (Å²) in [6.07, 6.45) is -0.426. The molecule has 0 aliphatic carbocycles. The van der Waals surface area contributed by atoms with Crippen LogP contribution in [0.1, 0.15) is 29.7 Å². The van der Waals surface area contributed by atoms with E-state index in [2.05, 4.69) is 6.07 Å². The molecule has 0 aliphatic rings. The minimum Gasteiger partial charge on any atom is -0.392 e. The van der Waals surface area contributed by atoms with Gasteiger partial charge in [0.15, 0.2) is 0 Å². The molecule has 0 saturated heterocycles. The minimum absolute atomic E-state index is 0.0872. The van der Waals surface area contributed by atoms with Crippen LogP contribution in [-0.4, -0.2) is 10.2 Å². The van der Waals surface area contributed by atoms with Crippen LogP contribution in [-0.2, 0) is 12.4 Å². The van der Waals surface area contributed by atoms with E-state index in [9.17, 15) is 5.11 Å². The molecule has 0 fully saturated rings. The first kappa shape index (κ1) is 14.1. The number of hydrogen-bond acceptors (Lipinski definition) is 3. The number of rotatable bonds is 5. The molecule has 0 aromatic heterocycles. The molecule has 0 spiro atoms. The van der Waals surface area contributed by atoms with Crippen molar-refractivity contribution in [2.24, 2.45) is 0 Å². The molecule has 0 radical (unpaired) electrons. The third-order valence-electron chi connectivity index (χ3n) is 2.95. The van der Waals surface area contributed by atoms with Crippen molar-refractivity contribution in [1.82, 2.24) is 0 Å². The van der Waals surface area contributed by atoms with Crippen molar-refractivity contribution < 1.29 is 10.2 Å². The summed E-state index contributed by atoms with van der Waals surface area (Å²) in [6, 6.07) is 16.0. The van der Waals surface area contributed by atoms with Crippen LogP contribution in [0.4, 0.5) is 0 Å². The summed E-state index contributed by atoms with van der Waals surface area (Å²) >= 11 is 1.74. The molecule has 2 aromatic carbocycles. The summed E-state index contributed by atoms with van der Waals surface area (Å²) in [7, 11) is 0. The van der Waals surface area contributed by atoms with Gasteiger partial charge in [-0.05, 0) is 35.7 Å². The first-order valence-corrected chi connectivity index (χ1v) is 7.27. The van der Waals surface area contributed by atoms with Crippen LogP contribution < -0.4 is 0 Å². The maximum absolute atomic E-state index is 9.56. The zero-order valence-corrected chi connectivity index (χ0v) is 11.7. The molecule has 1 atom stereocenters. The van der Waals surface area contributed by atoms with Crippen LogP contribution in [0, 0.1) is 0 Å². The van der Waals surface area contributed by atoms with E-state index in [1.165, 1.54) is 5.56 Å². The fourth-order valence-electron chi connectivity index (χ4n) is 1.77. The Morgan fingerprint density at radius 2 is 1.74 bits per heavy atom. The van der Waals surface area contributed by atoms with Gasteiger partial charge in [-0.3, -0.25) is 0 Å². The normalized spacial score (nSPS) is 12.4. The molecular weight excluding hydrogens is 256 g/mol. The Kier molecular flexibility index (Phi) is 5.02. The van der Waals surface area contributed by atoms with E-state index in [0.717, 1.165) is 21.8 Å². The summed E-state index contributed by atoms with van der Waals surface area (Å²) in [5, 5.41) is 18.5. The smallest absolute Gasteiger partial charge is 0.0762 e. The van der Waals surface area contributed by atoms with Crippen molar-refractivity contribution in [3.63, 3.8) is 0 Å². The van der Waals surface area contributed by atoms with Gasteiger partial charge in [0.2, 0.25) is 0 Å². The van der Waals surface area contributed by atoms with Gasteiger partial charge in [0, 0.05) is 10.6 Å². The van der Waals surface area contributed by atoms with Crippen LogP contribution in [0.15, 0.2) is 53.4 Å². The van der Waals surface area contributed by atoms with Gasteiger partial charge in [-0.2, -0.15) is 0 Å². The third kappa shape index (κ3) is 4.10. The lowest BCUT2D eigenvalue weighted by Gasteiger charge is -2.07. The lowest BCUT2D eigenvalue weighted by atomic mass is 10.1. The summed E-state index contributed by atoms with van der Waals surface area (Å²) in [6.45, 7) is 1.86. The monoisotopic (exact) mass is 274 g/mol. The molecule has 2 aromatic rings. The molecule has 0 heterocycles. The zero-order chi connectivity index (χ0) is 13.7. The zero-order valence-electron chi connectivity index (χ0n) is 10.9. The van der Waals surface area contributed by atoms with Gasteiger partial charge in [-0.15, -0.1) is 11.8 Å². The van der Waals surface area contributed by atoms with Crippen molar-refractivity contribution in [3.8, 4) is 0 Å².